The smallest absolute Gasteiger partial charge is 0.306 e. The normalized spacial score (nSPS) is 12.1. The van der Waals surface area contributed by atoms with Crippen LogP contribution in [0, 0.1) is 11.8 Å². The highest BCUT2D eigenvalue weighted by Crippen LogP contribution is 2.35. The van der Waals surface area contributed by atoms with Crippen LogP contribution >= 0.6 is 0 Å². The molecule has 0 atom stereocenters. The number of hydrogen-bond donors (Lipinski definition) is 1. The quantitative estimate of drug-likeness (QED) is 0.684. The first-order valence-corrected chi connectivity index (χ1v) is 9.78. The molecule has 1 N–H and O–H groups in total. The van der Waals surface area contributed by atoms with Crippen LogP contribution in [0.1, 0.15) is 33.3 Å². The van der Waals surface area contributed by atoms with Crippen LogP contribution in [-0.2, 0) is 16.7 Å². The van der Waals surface area contributed by atoms with Gasteiger partial charge in [-0.15, -0.1) is 0 Å². The number of benzene rings is 1. The summed E-state index contributed by atoms with van der Waals surface area (Å²) in [6.45, 7) is 9.30. The topological polar surface area (TPSA) is 73.9 Å². The molecule has 0 amide bonds. The fourth-order valence-electron chi connectivity index (χ4n) is 2.77. The summed E-state index contributed by atoms with van der Waals surface area (Å²) in [5.41, 5.74) is 0.876. The van der Waals surface area contributed by atoms with Crippen LogP contribution in [0.4, 0.5) is 0 Å². The van der Waals surface area contributed by atoms with Crippen molar-refractivity contribution in [1.82, 2.24) is 5.32 Å². The molecule has 0 fully saturated rings. The van der Waals surface area contributed by atoms with Gasteiger partial charge in [-0.3, -0.25) is 0 Å². The molecule has 0 aliphatic carbocycles. The Morgan fingerprint density at radius 2 is 1.50 bits per heavy atom. The van der Waals surface area contributed by atoms with E-state index in [1.807, 2.05) is 0 Å². The molecule has 0 spiro atoms. The Hall–Kier alpha value is -1.47. The predicted octanol–water partition coefficient (Wildman–Crippen LogP) is 2.81. The van der Waals surface area contributed by atoms with Crippen molar-refractivity contribution in [2.24, 2.45) is 11.8 Å². The zero-order valence-corrected chi connectivity index (χ0v) is 16.4. The van der Waals surface area contributed by atoms with Gasteiger partial charge in [0.05, 0.1) is 20.5 Å². The first-order valence-electron chi connectivity index (χ1n) is 7.96. The van der Waals surface area contributed by atoms with Crippen LogP contribution in [0.15, 0.2) is 12.1 Å². The molecule has 0 unspecified atom stereocenters. The molecule has 0 bridgehead atoms. The summed E-state index contributed by atoms with van der Waals surface area (Å²) in [6, 6.07) is 3.63. The van der Waals surface area contributed by atoms with Gasteiger partial charge in [-0.1, -0.05) is 27.7 Å². The molecule has 7 heteroatoms. The molecule has 0 heterocycles. The maximum atomic E-state index is 11.4. The Morgan fingerprint density at radius 1 is 0.958 bits per heavy atom. The van der Waals surface area contributed by atoms with Crippen molar-refractivity contribution in [2.45, 2.75) is 40.3 Å². The van der Waals surface area contributed by atoms with Gasteiger partial charge in [-0.05, 0) is 17.9 Å². The Balaban J connectivity index is 3.11. The summed E-state index contributed by atoms with van der Waals surface area (Å²) in [4.78, 5) is 0. The molecular weight excluding hydrogens is 330 g/mol. The molecule has 1 aromatic carbocycles. The van der Waals surface area contributed by atoms with Gasteiger partial charge in [0.2, 0.25) is 0 Å². The van der Waals surface area contributed by atoms with E-state index < -0.39 is 10.1 Å². The van der Waals surface area contributed by atoms with Gasteiger partial charge in [0.25, 0.3) is 0 Å². The highest BCUT2D eigenvalue weighted by molar-refractivity contribution is 7.86. The lowest BCUT2D eigenvalue weighted by Gasteiger charge is -2.26. The van der Waals surface area contributed by atoms with Crippen molar-refractivity contribution in [3.8, 4) is 17.2 Å². The summed E-state index contributed by atoms with van der Waals surface area (Å²) < 4.78 is 38.4. The summed E-state index contributed by atoms with van der Waals surface area (Å²) in [5.74, 6) is 2.00. The van der Waals surface area contributed by atoms with Crippen LogP contribution in [0.3, 0.4) is 0 Å². The molecule has 0 aromatic heterocycles. The van der Waals surface area contributed by atoms with E-state index in [9.17, 15) is 8.42 Å². The zero-order valence-electron chi connectivity index (χ0n) is 15.5. The molecular formula is C17H29NO5S. The third-order valence-corrected chi connectivity index (χ3v) is 4.25. The summed E-state index contributed by atoms with van der Waals surface area (Å²) in [6.07, 6.45) is 0.990. The molecule has 0 aliphatic heterocycles. The standard InChI is InChI=1S/C17H29NO5S/c1-11(2)17(12(3)4)18-10-13-8-15(22-6)16(9-14(13)21-5)23-24(7,19)20/h8-9,11-12,17-18H,10H2,1-7H3. The molecule has 1 aromatic rings. The molecule has 0 radical (unpaired) electrons. The van der Waals surface area contributed by atoms with Gasteiger partial charge in [-0.2, -0.15) is 8.42 Å². The van der Waals surface area contributed by atoms with Crippen molar-refractivity contribution in [3.05, 3.63) is 17.7 Å². The molecule has 24 heavy (non-hydrogen) atoms. The monoisotopic (exact) mass is 359 g/mol. The van der Waals surface area contributed by atoms with Crippen molar-refractivity contribution in [2.75, 3.05) is 20.5 Å². The van der Waals surface area contributed by atoms with Crippen LogP contribution < -0.4 is 19.0 Å². The maximum absolute atomic E-state index is 11.4. The number of hydrogen-bond acceptors (Lipinski definition) is 6. The second-order valence-corrected chi connectivity index (χ2v) is 8.07. The lowest BCUT2D eigenvalue weighted by molar-refractivity contribution is 0.309. The third kappa shape index (κ3) is 5.87. The minimum atomic E-state index is -3.65. The SMILES string of the molecule is COc1cc(OS(C)(=O)=O)c(OC)cc1CNC(C(C)C)C(C)C. The van der Waals surface area contributed by atoms with Gasteiger partial charge < -0.3 is 19.0 Å². The molecule has 0 saturated carbocycles. The van der Waals surface area contributed by atoms with Crippen molar-refractivity contribution in [3.63, 3.8) is 0 Å². The summed E-state index contributed by atoms with van der Waals surface area (Å²) >= 11 is 0. The highest BCUT2D eigenvalue weighted by atomic mass is 32.2. The average molecular weight is 359 g/mol. The predicted molar refractivity (Wildman–Crippen MR) is 95.3 cm³/mol. The first-order chi connectivity index (χ1) is 11.1. The fraction of sp³-hybridized carbons (Fsp3) is 0.647. The van der Waals surface area contributed by atoms with Crippen molar-refractivity contribution >= 4 is 10.1 Å². The Bertz CT molecular complexity index is 633. The minimum Gasteiger partial charge on any atom is -0.496 e. The molecule has 0 saturated heterocycles. The van der Waals surface area contributed by atoms with Crippen LogP contribution in [-0.4, -0.2) is 34.9 Å². The second kappa shape index (κ2) is 8.58. The number of methoxy groups -OCH3 is 2. The maximum Gasteiger partial charge on any atom is 0.306 e. The number of rotatable bonds is 9. The average Bonchev–Trinajstić information content (AvgIpc) is 2.45. The molecule has 1 rings (SSSR count). The molecule has 6 nitrogen and oxygen atoms in total. The summed E-state index contributed by atoms with van der Waals surface area (Å²) in [7, 11) is -0.636. The van der Waals surface area contributed by atoms with E-state index in [0.29, 0.717) is 35.9 Å². The van der Waals surface area contributed by atoms with Crippen LogP contribution in [0.2, 0.25) is 0 Å². The second-order valence-electron chi connectivity index (χ2n) is 6.50. The van der Waals surface area contributed by atoms with E-state index in [0.717, 1.165) is 11.8 Å². The largest absolute Gasteiger partial charge is 0.496 e. The zero-order chi connectivity index (χ0) is 18.5. The Morgan fingerprint density at radius 3 is 1.92 bits per heavy atom. The Kier molecular flexibility index (Phi) is 7.35. The highest BCUT2D eigenvalue weighted by Gasteiger charge is 2.20. The molecule has 0 aliphatic rings. The van der Waals surface area contributed by atoms with Gasteiger partial charge in [0.1, 0.15) is 5.75 Å². The van der Waals surface area contributed by atoms with Crippen LogP contribution in [0.25, 0.3) is 0 Å². The van der Waals surface area contributed by atoms with Gasteiger partial charge in [0.15, 0.2) is 11.5 Å². The molecule has 138 valence electrons. The van der Waals surface area contributed by atoms with E-state index in [1.54, 1.807) is 6.07 Å². The third-order valence-electron chi connectivity index (χ3n) is 3.77. The number of ether oxygens (including phenoxy) is 2. The van der Waals surface area contributed by atoms with E-state index in [-0.39, 0.29) is 5.75 Å². The van der Waals surface area contributed by atoms with E-state index >= 15 is 0 Å². The summed E-state index contributed by atoms with van der Waals surface area (Å²) in [5, 5.41) is 3.53. The Labute approximate surface area is 145 Å². The van der Waals surface area contributed by atoms with Gasteiger partial charge >= 0.3 is 10.1 Å². The van der Waals surface area contributed by atoms with E-state index in [1.165, 1.54) is 20.3 Å². The lowest BCUT2D eigenvalue weighted by atomic mass is 9.93. The van der Waals surface area contributed by atoms with Crippen LogP contribution in [0.5, 0.6) is 17.2 Å². The minimum absolute atomic E-state index is 0.116. The first kappa shape index (κ1) is 20.6. The fourth-order valence-corrected chi connectivity index (χ4v) is 3.22. The van der Waals surface area contributed by atoms with Gasteiger partial charge in [0, 0.05) is 24.2 Å². The van der Waals surface area contributed by atoms with Gasteiger partial charge in [-0.25, -0.2) is 0 Å². The van der Waals surface area contributed by atoms with E-state index in [4.69, 9.17) is 13.7 Å². The van der Waals surface area contributed by atoms with Crippen molar-refractivity contribution in [1.29, 1.82) is 0 Å². The van der Waals surface area contributed by atoms with E-state index in [2.05, 4.69) is 33.0 Å². The number of nitrogens with one attached hydrogen (secondary N) is 1. The van der Waals surface area contributed by atoms with Crippen molar-refractivity contribution < 1.29 is 22.1 Å². The lowest BCUT2D eigenvalue weighted by Crippen LogP contribution is -2.37.